The summed E-state index contributed by atoms with van der Waals surface area (Å²) in [6.07, 6.45) is 0.718. The maximum Gasteiger partial charge on any atom is 0.234 e. The highest BCUT2D eigenvalue weighted by Gasteiger charge is 2.14. The van der Waals surface area contributed by atoms with Gasteiger partial charge in [0.05, 0.1) is 18.6 Å². The van der Waals surface area contributed by atoms with Crippen molar-refractivity contribution in [3.05, 3.63) is 66.0 Å². The van der Waals surface area contributed by atoms with Gasteiger partial charge in [0.2, 0.25) is 5.91 Å². The van der Waals surface area contributed by atoms with E-state index in [1.54, 1.807) is 7.11 Å². The van der Waals surface area contributed by atoms with Crippen LogP contribution in [0.2, 0.25) is 0 Å². The van der Waals surface area contributed by atoms with Crippen LogP contribution in [0.15, 0.2) is 59.8 Å². The minimum Gasteiger partial charge on any atom is -0.495 e. The zero-order valence-corrected chi connectivity index (χ0v) is 16.2. The molecule has 7 heteroatoms. The van der Waals surface area contributed by atoms with E-state index in [1.807, 2.05) is 47.0 Å². The van der Waals surface area contributed by atoms with E-state index in [4.69, 9.17) is 4.74 Å². The molecule has 27 heavy (non-hydrogen) atoms. The van der Waals surface area contributed by atoms with Gasteiger partial charge >= 0.3 is 0 Å². The molecule has 0 bridgehead atoms. The Balaban J connectivity index is 1.63. The molecule has 1 N–H and O–H groups in total. The van der Waals surface area contributed by atoms with Gasteiger partial charge in [0.1, 0.15) is 11.6 Å². The number of ether oxygens (including phenoxy) is 1. The van der Waals surface area contributed by atoms with Gasteiger partial charge < -0.3 is 14.6 Å². The molecule has 0 aliphatic carbocycles. The van der Waals surface area contributed by atoms with Crippen molar-refractivity contribution < 1.29 is 9.53 Å². The Hall–Kier alpha value is -2.80. The average molecular weight is 382 g/mol. The number of rotatable bonds is 8. The molecule has 1 heterocycles. The number of carbonyl (C=O) groups is 1. The minimum atomic E-state index is -0.111. The SMILES string of the molecule is CCn1c(Cc2ccccc2)nnc1SCC(=O)Nc1ccccc1OC. The van der Waals surface area contributed by atoms with Crippen LogP contribution in [0.25, 0.3) is 0 Å². The minimum absolute atomic E-state index is 0.111. The maximum atomic E-state index is 12.3. The third kappa shape index (κ3) is 4.89. The highest BCUT2D eigenvalue weighted by atomic mass is 32.2. The molecule has 2 aromatic carbocycles. The number of benzene rings is 2. The fourth-order valence-electron chi connectivity index (χ4n) is 2.72. The Morgan fingerprint density at radius 2 is 1.85 bits per heavy atom. The van der Waals surface area contributed by atoms with Gasteiger partial charge in [-0.3, -0.25) is 4.79 Å². The summed E-state index contributed by atoms with van der Waals surface area (Å²) in [5.41, 5.74) is 1.84. The van der Waals surface area contributed by atoms with Crippen LogP contribution in [0, 0.1) is 0 Å². The number of amides is 1. The summed E-state index contributed by atoms with van der Waals surface area (Å²) in [5, 5.41) is 12.2. The average Bonchev–Trinajstić information content (AvgIpc) is 3.09. The first-order chi connectivity index (χ1) is 13.2. The molecule has 140 valence electrons. The summed E-state index contributed by atoms with van der Waals surface area (Å²) in [7, 11) is 1.58. The zero-order chi connectivity index (χ0) is 19.1. The fourth-order valence-corrected chi connectivity index (χ4v) is 3.54. The van der Waals surface area contributed by atoms with Gasteiger partial charge in [0.25, 0.3) is 0 Å². The molecule has 1 amide bonds. The quantitative estimate of drug-likeness (QED) is 0.603. The summed E-state index contributed by atoms with van der Waals surface area (Å²) in [6, 6.07) is 17.5. The van der Waals surface area contributed by atoms with Crippen molar-refractivity contribution in [2.24, 2.45) is 0 Å². The van der Waals surface area contributed by atoms with Gasteiger partial charge in [-0.05, 0) is 24.6 Å². The van der Waals surface area contributed by atoms with Crippen molar-refractivity contribution in [3.63, 3.8) is 0 Å². The van der Waals surface area contributed by atoms with Gasteiger partial charge in [-0.2, -0.15) is 0 Å². The third-order valence-corrected chi connectivity index (χ3v) is 4.99. The molecule has 6 nitrogen and oxygen atoms in total. The molecule has 0 saturated heterocycles. The van der Waals surface area contributed by atoms with E-state index in [0.717, 1.165) is 23.9 Å². The van der Waals surface area contributed by atoms with Crippen molar-refractivity contribution in [1.29, 1.82) is 0 Å². The second kappa shape index (κ2) is 9.23. The normalized spacial score (nSPS) is 10.6. The van der Waals surface area contributed by atoms with Gasteiger partial charge in [-0.15, -0.1) is 10.2 Å². The first-order valence-electron chi connectivity index (χ1n) is 8.73. The zero-order valence-electron chi connectivity index (χ0n) is 15.4. The Morgan fingerprint density at radius 1 is 1.11 bits per heavy atom. The largest absolute Gasteiger partial charge is 0.495 e. The van der Waals surface area contributed by atoms with E-state index in [1.165, 1.54) is 17.3 Å². The molecule has 0 fully saturated rings. The topological polar surface area (TPSA) is 69.0 Å². The molecule has 0 aliphatic rings. The van der Waals surface area contributed by atoms with Crippen LogP contribution in [-0.4, -0.2) is 33.5 Å². The van der Waals surface area contributed by atoms with Gasteiger partial charge in [-0.1, -0.05) is 54.2 Å². The maximum absolute atomic E-state index is 12.3. The van der Waals surface area contributed by atoms with Crippen molar-refractivity contribution in [1.82, 2.24) is 14.8 Å². The monoisotopic (exact) mass is 382 g/mol. The van der Waals surface area contributed by atoms with E-state index in [9.17, 15) is 4.79 Å². The van der Waals surface area contributed by atoms with E-state index >= 15 is 0 Å². The summed E-state index contributed by atoms with van der Waals surface area (Å²) in [6.45, 7) is 2.81. The van der Waals surface area contributed by atoms with Crippen LogP contribution in [0.1, 0.15) is 18.3 Å². The highest BCUT2D eigenvalue weighted by Crippen LogP contribution is 2.24. The number of hydrogen-bond donors (Lipinski definition) is 1. The lowest BCUT2D eigenvalue weighted by Crippen LogP contribution is -2.15. The van der Waals surface area contributed by atoms with Crippen LogP contribution >= 0.6 is 11.8 Å². The first kappa shape index (κ1) is 19.0. The number of carbonyl (C=O) groups excluding carboxylic acids is 1. The van der Waals surface area contributed by atoms with Crippen LogP contribution in [-0.2, 0) is 17.8 Å². The predicted octanol–water partition coefficient (Wildman–Crippen LogP) is 3.63. The number of thioether (sulfide) groups is 1. The summed E-state index contributed by atoms with van der Waals surface area (Å²) in [5.74, 6) is 1.68. The lowest BCUT2D eigenvalue weighted by Gasteiger charge is -2.10. The second-order valence-electron chi connectivity index (χ2n) is 5.84. The van der Waals surface area contributed by atoms with Crippen molar-refractivity contribution in [3.8, 4) is 5.75 Å². The Kier molecular flexibility index (Phi) is 6.49. The third-order valence-electron chi connectivity index (χ3n) is 4.03. The van der Waals surface area contributed by atoms with E-state index < -0.39 is 0 Å². The standard InChI is InChI=1S/C20H22N4O2S/c1-3-24-18(13-15-9-5-4-6-10-15)22-23-20(24)27-14-19(25)21-16-11-7-8-12-17(16)26-2/h4-12H,3,13-14H2,1-2H3,(H,21,25). The Morgan fingerprint density at radius 3 is 2.59 bits per heavy atom. The number of hydrogen-bond acceptors (Lipinski definition) is 5. The lowest BCUT2D eigenvalue weighted by atomic mass is 10.1. The molecule has 0 radical (unpaired) electrons. The van der Waals surface area contributed by atoms with Crippen molar-refractivity contribution in [2.45, 2.75) is 25.0 Å². The van der Waals surface area contributed by atoms with Crippen molar-refractivity contribution >= 4 is 23.4 Å². The molecule has 0 atom stereocenters. The molecule has 0 unspecified atom stereocenters. The molecular weight excluding hydrogens is 360 g/mol. The first-order valence-corrected chi connectivity index (χ1v) is 9.71. The number of nitrogens with zero attached hydrogens (tertiary/aromatic N) is 3. The van der Waals surface area contributed by atoms with Gasteiger partial charge in [0, 0.05) is 13.0 Å². The fraction of sp³-hybridized carbons (Fsp3) is 0.250. The number of methoxy groups -OCH3 is 1. The van der Waals surface area contributed by atoms with Crippen LogP contribution in [0.3, 0.4) is 0 Å². The highest BCUT2D eigenvalue weighted by molar-refractivity contribution is 7.99. The van der Waals surface area contributed by atoms with Gasteiger partial charge in [0.15, 0.2) is 5.16 Å². The molecule has 0 saturated carbocycles. The molecule has 1 aromatic heterocycles. The number of nitrogens with one attached hydrogen (secondary N) is 1. The van der Waals surface area contributed by atoms with Crippen LogP contribution in [0.5, 0.6) is 5.75 Å². The molecule has 3 rings (SSSR count). The molecule has 3 aromatic rings. The Labute approximate surface area is 163 Å². The number of aromatic nitrogens is 3. The second-order valence-corrected chi connectivity index (χ2v) is 6.79. The lowest BCUT2D eigenvalue weighted by molar-refractivity contribution is -0.113. The summed E-state index contributed by atoms with van der Waals surface area (Å²) in [4.78, 5) is 12.3. The Bertz CT molecular complexity index is 896. The van der Waals surface area contributed by atoms with Crippen molar-refractivity contribution in [2.75, 3.05) is 18.2 Å². The number of para-hydroxylation sites is 2. The van der Waals surface area contributed by atoms with E-state index in [0.29, 0.717) is 11.4 Å². The van der Waals surface area contributed by atoms with Crippen LogP contribution in [0.4, 0.5) is 5.69 Å². The molecular formula is C20H22N4O2S. The predicted molar refractivity (Wildman–Crippen MR) is 107 cm³/mol. The number of anilines is 1. The molecule has 0 aliphatic heterocycles. The smallest absolute Gasteiger partial charge is 0.234 e. The van der Waals surface area contributed by atoms with Gasteiger partial charge in [-0.25, -0.2) is 0 Å². The van der Waals surface area contributed by atoms with E-state index in [-0.39, 0.29) is 11.7 Å². The summed E-state index contributed by atoms with van der Waals surface area (Å²) < 4.78 is 7.31. The van der Waals surface area contributed by atoms with E-state index in [2.05, 4.69) is 34.6 Å². The molecule has 0 spiro atoms. The summed E-state index contributed by atoms with van der Waals surface area (Å²) >= 11 is 1.38. The van der Waals surface area contributed by atoms with Crippen LogP contribution < -0.4 is 10.1 Å².